The molecule has 0 heterocycles. The van der Waals surface area contributed by atoms with Crippen LogP contribution in [-0.4, -0.2) is 62.4 Å². The van der Waals surface area contributed by atoms with Crippen molar-refractivity contribution in [3.05, 3.63) is 61.3 Å². The summed E-state index contributed by atoms with van der Waals surface area (Å²) >= 11 is 0. The molecule has 0 aromatic carbocycles. The predicted molar refractivity (Wildman–Crippen MR) is 80.3 cm³/mol. The fourth-order valence-corrected chi connectivity index (χ4v) is 1.56. The quantitative estimate of drug-likeness (QED) is 0.107. The van der Waals surface area contributed by atoms with Gasteiger partial charge >= 0.3 is 11.9 Å². The summed E-state index contributed by atoms with van der Waals surface area (Å²) in [5.74, 6) is -4.04. The van der Waals surface area contributed by atoms with Gasteiger partial charge in [-0.15, -0.1) is 0 Å². The first-order chi connectivity index (χ1) is 13.0. The van der Waals surface area contributed by atoms with Gasteiger partial charge in [0.25, 0.3) is 0 Å². The fraction of sp³-hybridized carbons (Fsp3) is 0.857. The van der Waals surface area contributed by atoms with E-state index in [4.69, 9.17) is 11.1 Å². The summed E-state index contributed by atoms with van der Waals surface area (Å²) in [5, 5.41) is 47.3. The van der Waals surface area contributed by atoms with Crippen molar-refractivity contribution < 1.29 is 29.3 Å². The number of rotatable bonds is 12. The molecular weight excluding hydrogens is 398 g/mol. The number of hydrogen-bond acceptors (Lipinski definition) is 12. The van der Waals surface area contributed by atoms with Crippen LogP contribution in [0.25, 0.3) is 20.9 Å². The van der Waals surface area contributed by atoms with E-state index in [0.29, 0.717) is 0 Å². The molecule has 0 fully saturated rings. The van der Waals surface area contributed by atoms with Gasteiger partial charge in [0.2, 0.25) is 0 Å². The van der Waals surface area contributed by atoms with Gasteiger partial charge in [0.05, 0.1) is 13.1 Å². The molecule has 0 bridgehead atoms. The smallest absolute Gasteiger partial charge is 0.442 e. The van der Waals surface area contributed by atoms with Crippen LogP contribution in [-0.2, 0) is 4.74 Å². The van der Waals surface area contributed by atoms with Crippen molar-refractivity contribution in [3.63, 3.8) is 0 Å². The lowest BCUT2D eigenvalue weighted by Crippen LogP contribution is -2.55. The molecule has 0 aliphatic heterocycles. The molecule has 0 N–H and O–H groups in total. The first kappa shape index (κ1) is 23.5. The average Bonchev–Trinajstić information content (AvgIpc) is 2.59. The van der Waals surface area contributed by atoms with Crippen molar-refractivity contribution in [2.75, 3.05) is 19.6 Å². The van der Waals surface area contributed by atoms with E-state index in [1.54, 1.807) is 0 Å². The topological polar surface area (TPSA) is 300 Å². The zero-order valence-electron chi connectivity index (χ0n) is 13.4. The minimum atomic E-state index is -4.04. The monoisotopic (exact) mass is 407 g/mol. The molecule has 21 heteroatoms. The Morgan fingerprint density at radius 2 is 1.43 bits per heavy atom. The van der Waals surface area contributed by atoms with Gasteiger partial charge in [-0.3, -0.25) is 30.3 Å². The standard InChI is InChI=1S/C7H9N11O10/c8-12-10-3-5(4-11-13-9)28-6(19)14(18(26)27)2-1-7(15(20)21,16(22)23)17(24)25/h5H,1-4H2. The number of amides is 1. The lowest BCUT2D eigenvalue weighted by atomic mass is 10.2. The Kier molecular flexibility index (Phi) is 8.79. The molecule has 1 amide bonds. The van der Waals surface area contributed by atoms with Crippen LogP contribution < -0.4 is 0 Å². The number of nitrogens with zero attached hydrogens (tertiary/aromatic N) is 11. The van der Waals surface area contributed by atoms with E-state index >= 15 is 0 Å². The second kappa shape index (κ2) is 10.5. The van der Waals surface area contributed by atoms with E-state index < -0.39 is 68.9 Å². The number of hydrazine groups is 1. The van der Waals surface area contributed by atoms with E-state index in [1.165, 1.54) is 0 Å². The lowest BCUT2D eigenvalue weighted by Gasteiger charge is -2.17. The number of carbonyl (C=O) groups excluding carboxylic acids is 1. The maximum Gasteiger partial charge on any atom is 0.701 e. The Morgan fingerprint density at radius 1 is 1.00 bits per heavy atom. The van der Waals surface area contributed by atoms with Crippen molar-refractivity contribution in [1.29, 1.82) is 0 Å². The molecule has 0 aromatic heterocycles. The minimum Gasteiger partial charge on any atom is -0.442 e. The molecule has 0 spiro atoms. The number of hydrogen-bond donors (Lipinski definition) is 0. The molecule has 0 saturated carbocycles. The molecule has 0 rings (SSSR count). The number of ether oxygens (including phenoxy) is 1. The zero-order chi connectivity index (χ0) is 21.9. The molecule has 21 nitrogen and oxygen atoms in total. The van der Waals surface area contributed by atoms with Crippen molar-refractivity contribution in [2.45, 2.75) is 18.3 Å². The van der Waals surface area contributed by atoms with E-state index in [-0.39, 0.29) is 0 Å². The second-order valence-corrected chi connectivity index (χ2v) is 4.49. The highest BCUT2D eigenvalue weighted by Gasteiger charge is 2.70. The van der Waals surface area contributed by atoms with Gasteiger partial charge in [-0.1, -0.05) is 10.2 Å². The SMILES string of the molecule is [N-]=[N+]=NCC(CN=[N+]=[N-])OC(=O)N(CCC([N+](=O)[O-])([N+](=O)[O-])[N+](=O)[O-])[N+](=O)[O-]. The third kappa shape index (κ3) is 5.79. The van der Waals surface area contributed by atoms with E-state index in [2.05, 4.69) is 24.8 Å². The third-order valence-corrected chi connectivity index (χ3v) is 2.91. The molecule has 0 radical (unpaired) electrons. The molecule has 0 aromatic rings. The minimum absolute atomic E-state index is 0.496. The second-order valence-electron chi connectivity index (χ2n) is 4.49. The fourth-order valence-electron chi connectivity index (χ4n) is 1.56. The summed E-state index contributed by atoms with van der Waals surface area (Å²) < 4.78 is 4.53. The Hall–Kier alpha value is -4.51. The molecule has 0 aliphatic carbocycles. The van der Waals surface area contributed by atoms with E-state index in [0.717, 1.165) is 0 Å². The molecule has 0 atom stereocenters. The highest BCUT2D eigenvalue weighted by molar-refractivity contribution is 5.66. The van der Waals surface area contributed by atoms with Crippen LogP contribution in [0, 0.1) is 40.5 Å². The van der Waals surface area contributed by atoms with E-state index in [9.17, 15) is 45.3 Å². The third-order valence-electron chi connectivity index (χ3n) is 2.91. The van der Waals surface area contributed by atoms with Gasteiger partial charge in [-0.05, 0) is 16.1 Å². The van der Waals surface area contributed by atoms with Gasteiger partial charge < -0.3 is 4.74 Å². The van der Waals surface area contributed by atoms with Crippen molar-refractivity contribution >= 4 is 6.09 Å². The molecule has 0 unspecified atom stereocenters. The number of azide groups is 2. The lowest BCUT2D eigenvalue weighted by molar-refractivity contribution is -0.970. The van der Waals surface area contributed by atoms with Gasteiger partial charge in [-0.2, -0.15) is 0 Å². The Morgan fingerprint density at radius 3 is 1.75 bits per heavy atom. The maximum atomic E-state index is 11.8. The van der Waals surface area contributed by atoms with Crippen LogP contribution in [0.1, 0.15) is 6.42 Å². The van der Waals surface area contributed by atoms with Gasteiger partial charge in [-0.25, -0.2) is 14.9 Å². The zero-order valence-corrected chi connectivity index (χ0v) is 13.4. The Balaban J connectivity index is 5.52. The van der Waals surface area contributed by atoms with Crippen molar-refractivity contribution in [2.24, 2.45) is 10.2 Å². The molecule has 0 saturated heterocycles. The van der Waals surface area contributed by atoms with Gasteiger partial charge in [0.15, 0.2) is 26.2 Å². The summed E-state index contributed by atoms with van der Waals surface area (Å²) in [6, 6.07) is 0. The largest absolute Gasteiger partial charge is 0.701 e. The Labute approximate surface area is 151 Å². The first-order valence-corrected chi connectivity index (χ1v) is 6.62. The van der Waals surface area contributed by atoms with Crippen LogP contribution in [0.4, 0.5) is 4.79 Å². The molecule has 152 valence electrons. The number of nitro groups is 4. The summed E-state index contributed by atoms with van der Waals surface area (Å²) in [7, 11) is 0. The first-order valence-electron chi connectivity index (χ1n) is 6.62. The molecule has 28 heavy (non-hydrogen) atoms. The Bertz CT molecular complexity index is 699. The van der Waals surface area contributed by atoms with Crippen LogP contribution in [0.5, 0.6) is 0 Å². The maximum absolute atomic E-state index is 11.8. The normalized spacial score (nSPS) is 11.1. The van der Waals surface area contributed by atoms with Crippen LogP contribution in [0.15, 0.2) is 10.2 Å². The van der Waals surface area contributed by atoms with E-state index in [1.807, 2.05) is 0 Å². The highest BCUT2D eigenvalue weighted by Crippen LogP contribution is 2.18. The van der Waals surface area contributed by atoms with Crippen molar-refractivity contribution in [1.82, 2.24) is 5.01 Å². The highest BCUT2D eigenvalue weighted by atomic mass is 16.7. The van der Waals surface area contributed by atoms with Gasteiger partial charge in [0, 0.05) is 9.82 Å². The average molecular weight is 407 g/mol. The van der Waals surface area contributed by atoms with Gasteiger partial charge in [0.1, 0.15) is 12.6 Å². The summed E-state index contributed by atoms with van der Waals surface area (Å²) in [6.07, 6.45) is -5.00. The molecule has 0 aliphatic rings. The van der Waals surface area contributed by atoms with Crippen molar-refractivity contribution in [3.8, 4) is 0 Å². The number of carbonyl (C=O) groups is 1. The summed E-state index contributed by atoms with van der Waals surface area (Å²) in [5.41, 5.74) is 16.4. The van der Waals surface area contributed by atoms with Crippen LogP contribution in [0.2, 0.25) is 0 Å². The van der Waals surface area contributed by atoms with Crippen LogP contribution in [0.3, 0.4) is 0 Å². The summed E-state index contributed by atoms with van der Waals surface area (Å²) in [4.78, 5) is 54.2. The molecular formula is C7H9N11O10. The predicted octanol–water partition coefficient (Wildman–Crippen LogP) is 0.480. The summed E-state index contributed by atoms with van der Waals surface area (Å²) in [6.45, 7) is -2.69. The van der Waals surface area contributed by atoms with Crippen LogP contribution >= 0.6 is 0 Å².